The smallest absolute Gasteiger partial charge is 0.234 e. The number of likely N-dealkylation sites (tertiary alicyclic amines) is 1. The van der Waals surface area contributed by atoms with Gasteiger partial charge in [-0.05, 0) is 75.1 Å². The average molecular weight is 432 g/mol. The van der Waals surface area contributed by atoms with Gasteiger partial charge in [0.25, 0.3) is 0 Å². The zero-order valence-corrected chi connectivity index (χ0v) is 18.6. The third kappa shape index (κ3) is 7.98. The topological polar surface area (TPSA) is 53.6 Å². The molecule has 164 valence electrons. The van der Waals surface area contributed by atoms with Crippen molar-refractivity contribution in [3.05, 3.63) is 65.7 Å². The molecule has 1 amide bonds. The van der Waals surface area contributed by atoms with E-state index in [9.17, 15) is 4.79 Å². The van der Waals surface area contributed by atoms with Crippen LogP contribution >= 0.6 is 12.4 Å². The molecule has 1 aliphatic rings. The third-order valence-corrected chi connectivity index (χ3v) is 5.61. The number of hydrogen-bond donors (Lipinski definition) is 2. The van der Waals surface area contributed by atoms with E-state index in [0.717, 1.165) is 42.4 Å². The van der Waals surface area contributed by atoms with Crippen LogP contribution in [0.5, 0.6) is 5.75 Å². The fourth-order valence-electron chi connectivity index (χ4n) is 3.78. The van der Waals surface area contributed by atoms with Crippen molar-refractivity contribution in [3.8, 4) is 5.75 Å². The second kappa shape index (κ2) is 13.3. The summed E-state index contributed by atoms with van der Waals surface area (Å²) in [5.41, 5.74) is 2.20. The zero-order chi connectivity index (χ0) is 20.3. The van der Waals surface area contributed by atoms with E-state index >= 15 is 0 Å². The minimum absolute atomic E-state index is 0. The fourth-order valence-corrected chi connectivity index (χ4v) is 3.78. The number of piperidine rings is 1. The summed E-state index contributed by atoms with van der Waals surface area (Å²) in [6, 6.07) is 17.9. The molecule has 0 aromatic heterocycles. The number of rotatable bonds is 10. The van der Waals surface area contributed by atoms with Crippen molar-refractivity contribution in [2.24, 2.45) is 5.92 Å². The van der Waals surface area contributed by atoms with Gasteiger partial charge in [-0.2, -0.15) is 0 Å². The van der Waals surface area contributed by atoms with Gasteiger partial charge in [0.15, 0.2) is 0 Å². The first-order chi connectivity index (χ1) is 14.2. The quantitative estimate of drug-likeness (QED) is 0.603. The van der Waals surface area contributed by atoms with Gasteiger partial charge >= 0.3 is 0 Å². The average Bonchev–Trinajstić information content (AvgIpc) is 2.77. The Morgan fingerprint density at radius 3 is 2.40 bits per heavy atom. The van der Waals surface area contributed by atoms with Gasteiger partial charge in [0.05, 0.1) is 6.54 Å². The maximum absolute atomic E-state index is 12.4. The van der Waals surface area contributed by atoms with E-state index in [1.165, 1.54) is 19.3 Å². The lowest BCUT2D eigenvalue weighted by atomic mass is 9.93. The molecule has 1 aliphatic heterocycles. The van der Waals surface area contributed by atoms with E-state index in [1.807, 2.05) is 49.5 Å². The Morgan fingerprint density at radius 1 is 1.03 bits per heavy atom. The molecule has 30 heavy (non-hydrogen) atoms. The highest BCUT2D eigenvalue weighted by atomic mass is 35.5. The van der Waals surface area contributed by atoms with Gasteiger partial charge in [0, 0.05) is 6.54 Å². The van der Waals surface area contributed by atoms with Crippen molar-refractivity contribution in [3.63, 3.8) is 0 Å². The number of halogens is 1. The Kier molecular flexibility index (Phi) is 10.7. The zero-order valence-electron chi connectivity index (χ0n) is 17.8. The summed E-state index contributed by atoms with van der Waals surface area (Å²) in [6.07, 6.45) is 3.61. The minimum atomic E-state index is 0. The fraction of sp³-hybridized carbons (Fsp3) is 0.458. The summed E-state index contributed by atoms with van der Waals surface area (Å²) in [4.78, 5) is 14.7. The standard InChI is InChI=1S/C24H33N3O2.ClH/c1-25-14-11-20-12-15-27(16-13-20)18-24(28)26-17-21-7-5-6-8-22(21)19-29-23-9-3-2-4-10-23;/h2-10,20,25H,11-19H2,1H3,(H,26,28);1H. The second-order valence-electron chi connectivity index (χ2n) is 7.76. The van der Waals surface area contributed by atoms with Crippen LogP contribution in [0.4, 0.5) is 0 Å². The summed E-state index contributed by atoms with van der Waals surface area (Å²) in [7, 11) is 2.01. The van der Waals surface area contributed by atoms with Crippen LogP contribution < -0.4 is 15.4 Å². The highest BCUT2D eigenvalue weighted by Gasteiger charge is 2.20. The van der Waals surface area contributed by atoms with Crippen LogP contribution in [-0.2, 0) is 17.9 Å². The number of benzene rings is 2. The minimum Gasteiger partial charge on any atom is -0.489 e. The number of carbonyl (C=O) groups is 1. The third-order valence-electron chi connectivity index (χ3n) is 5.61. The Balaban J connectivity index is 0.00000320. The summed E-state index contributed by atoms with van der Waals surface area (Å²) in [5, 5.41) is 6.31. The summed E-state index contributed by atoms with van der Waals surface area (Å²) >= 11 is 0. The predicted molar refractivity (Wildman–Crippen MR) is 124 cm³/mol. The van der Waals surface area contributed by atoms with Crippen LogP contribution in [0.2, 0.25) is 0 Å². The number of amides is 1. The van der Waals surface area contributed by atoms with Crippen molar-refractivity contribution in [1.82, 2.24) is 15.5 Å². The summed E-state index contributed by atoms with van der Waals surface area (Å²) in [6.45, 7) is 4.63. The molecule has 2 aromatic rings. The Morgan fingerprint density at radius 2 is 1.70 bits per heavy atom. The molecule has 5 nitrogen and oxygen atoms in total. The van der Waals surface area contributed by atoms with Gasteiger partial charge in [-0.3, -0.25) is 9.69 Å². The van der Waals surface area contributed by atoms with E-state index in [2.05, 4.69) is 27.7 Å². The first-order valence-corrected chi connectivity index (χ1v) is 10.6. The molecule has 0 radical (unpaired) electrons. The largest absolute Gasteiger partial charge is 0.489 e. The summed E-state index contributed by atoms with van der Waals surface area (Å²) in [5.74, 6) is 1.74. The van der Waals surface area contributed by atoms with Gasteiger partial charge in [0.1, 0.15) is 12.4 Å². The lowest BCUT2D eigenvalue weighted by Gasteiger charge is -2.31. The summed E-state index contributed by atoms with van der Waals surface area (Å²) < 4.78 is 5.87. The van der Waals surface area contributed by atoms with Crippen molar-refractivity contribution < 1.29 is 9.53 Å². The Bertz CT molecular complexity index is 749. The van der Waals surface area contributed by atoms with Gasteiger partial charge in [0.2, 0.25) is 5.91 Å². The van der Waals surface area contributed by atoms with Crippen molar-refractivity contribution in [2.75, 3.05) is 33.2 Å². The molecule has 0 atom stereocenters. The first-order valence-electron chi connectivity index (χ1n) is 10.6. The highest BCUT2D eigenvalue weighted by molar-refractivity contribution is 5.85. The van der Waals surface area contributed by atoms with Gasteiger partial charge in [-0.25, -0.2) is 0 Å². The van der Waals surface area contributed by atoms with Crippen LogP contribution in [0.1, 0.15) is 30.4 Å². The van der Waals surface area contributed by atoms with Crippen molar-refractivity contribution in [1.29, 1.82) is 0 Å². The SMILES string of the molecule is CNCCC1CCN(CC(=O)NCc2ccccc2COc2ccccc2)CC1.Cl. The number of hydrogen-bond acceptors (Lipinski definition) is 4. The normalized spacial score (nSPS) is 14.7. The molecular weight excluding hydrogens is 398 g/mol. The monoisotopic (exact) mass is 431 g/mol. The maximum atomic E-state index is 12.4. The number of para-hydroxylation sites is 1. The highest BCUT2D eigenvalue weighted by Crippen LogP contribution is 2.19. The lowest BCUT2D eigenvalue weighted by Crippen LogP contribution is -2.41. The maximum Gasteiger partial charge on any atom is 0.234 e. The first kappa shape index (κ1) is 24.2. The predicted octanol–water partition coefficient (Wildman–Crippen LogP) is 3.63. The molecule has 0 unspecified atom stereocenters. The van der Waals surface area contributed by atoms with Crippen LogP contribution in [0.15, 0.2) is 54.6 Å². The van der Waals surface area contributed by atoms with Gasteiger partial charge < -0.3 is 15.4 Å². The number of ether oxygens (including phenoxy) is 1. The molecule has 2 aromatic carbocycles. The van der Waals surface area contributed by atoms with Gasteiger partial charge in [-0.1, -0.05) is 42.5 Å². The molecule has 3 rings (SSSR count). The van der Waals surface area contributed by atoms with Crippen molar-refractivity contribution >= 4 is 18.3 Å². The van der Waals surface area contributed by atoms with E-state index in [4.69, 9.17) is 4.74 Å². The molecule has 1 fully saturated rings. The van der Waals surface area contributed by atoms with Crippen LogP contribution in [0.3, 0.4) is 0 Å². The molecule has 0 bridgehead atoms. The van der Waals surface area contributed by atoms with E-state index in [-0.39, 0.29) is 18.3 Å². The molecule has 1 heterocycles. The van der Waals surface area contributed by atoms with Crippen LogP contribution in [0, 0.1) is 5.92 Å². The van der Waals surface area contributed by atoms with Gasteiger partial charge in [-0.15, -0.1) is 12.4 Å². The molecule has 2 N–H and O–H groups in total. The molecule has 0 aliphatic carbocycles. The molecule has 6 heteroatoms. The number of nitrogens with zero attached hydrogens (tertiary/aromatic N) is 1. The molecule has 1 saturated heterocycles. The number of nitrogens with one attached hydrogen (secondary N) is 2. The van der Waals surface area contributed by atoms with Crippen LogP contribution in [-0.4, -0.2) is 44.0 Å². The van der Waals surface area contributed by atoms with E-state index in [1.54, 1.807) is 0 Å². The number of carbonyl (C=O) groups excluding carboxylic acids is 1. The Labute approximate surface area is 186 Å². The molecule has 0 saturated carbocycles. The lowest BCUT2D eigenvalue weighted by molar-refractivity contribution is -0.122. The molecular formula is C24H34ClN3O2. The second-order valence-corrected chi connectivity index (χ2v) is 7.76. The Hall–Kier alpha value is -2.08. The van der Waals surface area contributed by atoms with Crippen LogP contribution in [0.25, 0.3) is 0 Å². The van der Waals surface area contributed by atoms with Crippen molar-refractivity contribution in [2.45, 2.75) is 32.4 Å². The molecule has 0 spiro atoms. The van der Waals surface area contributed by atoms with E-state index < -0.39 is 0 Å². The van der Waals surface area contributed by atoms with E-state index in [0.29, 0.717) is 19.7 Å².